The number of hydrogen-bond acceptors (Lipinski definition) is 3. The van der Waals surface area contributed by atoms with Crippen molar-refractivity contribution in [3.05, 3.63) is 29.3 Å². The maximum Gasteiger partial charge on any atom is 0.306 e. The molecule has 1 aromatic carbocycles. The number of carbonyl (C=O) groups is 2. The van der Waals surface area contributed by atoms with E-state index in [1.807, 2.05) is 18.2 Å². The van der Waals surface area contributed by atoms with Crippen LogP contribution in [0.25, 0.3) is 0 Å². The fraction of sp³-hybridized carbons (Fsp3) is 0.500. The van der Waals surface area contributed by atoms with E-state index in [4.69, 9.17) is 5.11 Å². The molecule has 2 N–H and O–H groups in total. The van der Waals surface area contributed by atoms with Crippen molar-refractivity contribution < 1.29 is 14.7 Å². The summed E-state index contributed by atoms with van der Waals surface area (Å²) < 4.78 is 0. The highest BCUT2D eigenvalue weighted by molar-refractivity contribution is 5.97. The Kier molecular flexibility index (Phi) is 3.57. The summed E-state index contributed by atoms with van der Waals surface area (Å²) >= 11 is 0. The number of likely N-dealkylation sites (tertiary alicyclic amines) is 1. The van der Waals surface area contributed by atoms with E-state index in [0.29, 0.717) is 13.1 Å². The van der Waals surface area contributed by atoms with Crippen molar-refractivity contribution in [2.45, 2.75) is 19.8 Å². The lowest BCUT2D eigenvalue weighted by molar-refractivity contribution is -0.144. The molecule has 2 aliphatic heterocycles. The summed E-state index contributed by atoms with van der Waals surface area (Å²) in [5.41, 5.74) is 2.92. The maximum absolute atomic E-state index is 12.6. The van der Waals surface area contributed by atoms with Crippen LogP contribution in [-0.2, 0) is 11.2 Å². The number of amides is 1. The molecule has 1 saturated heterocycles. The summed E-state index contributed by atoms with van der Waals surface area (Å²) in [6.45, 7) is 3.75. The van der Waals surface area contributed by atoms with Crippen LogP contribution in [0.2, 0.25) is 0 Å². The van der Waals surface area contributed by atoms with Gasteiger partial charge in [-0.3, -0.25) is 9.59 Å². The number of carboxylic acid groups (broad SMARTS) is 1. The summed E-state index contributed by atoms with van der Waals surface area (Å²) in [7, 11) is 0. The molecule has 1 atom stereocenters. The van der Waals surface area contributed by atoms with Gasteiger partial charge in [-0.15, -0.1) is 0 Å². The smallest absolute Gasteiger partial charge is 0.306 e. The second-order valence-corrected chi connectivity index (χ2v) is 5.96. The predicted octanol–water partition coefficient (Wildman–Crippen LogP) is 1.84. The summed E-state index contributed by atoms with van der Waals surface area (Å²) in [5, 5.41) is 12.3. The van der Waals surface area contributed by atoms with Crippen molar-refractivity contribution in [1.29, 1.82) is 0 Å². The van der Waals surface area contributed by atoms with Gasteiger partial charge in [0.15, 0.2) is 0 Å². The summed E-state index contributed by atoms with van der Waals surface area (Å²) in [6, 6.07) is 5.79. The van der Waals surface area contributed by atoms with E-state index in [1.54, 1.807) is 11.8 Å². The Bertz CT molecular complexity index is 579. The molecule has 1 aromatic rings. The maximum atomic E-state index is 12.6. The summed E-state index contributed by atoms with van der Waals surface area (Å²) in [4.78, 5) is 25.3. The van der Waals surface area contributed by atoms with Crippen LogP contribution in [0.3, 0.4) is 0 Å². The third-order valence-corrected chi connectivity index (χ3v) is 4.62. The minimum Gasteiger partial charge on any atom is -0.481 e. The lowest BCUT2D eigenvalue weighted by atomic mass is 9.86. The monoisotopic (exact) mass is 288 g/mol. The third kappa shape index (κ3) is 2.48. The van der Waals surface area contributed by atoms with Crippen molar-refractivity contribution in [1.82, 2.24) is 4.90 Å². The zero-order chi connectivity index (χ0) is 15.0. The zero-order valence-electron chi connectivity index (χ0n) is 12.1. The molecule has 1 unspecified atom stereocenters. The van der Waals surface area contributed by atoms with Gasteiger partial charge in [-0.05, 0) is 30.5 Å². The van der Waals surface area contributed by atoms with E-state index >= 15 is 0 Å². The molecule has 0 spiro atoms. The quantitative estimate of drug-likeness (QED) is 0.890. The van der Waals surface area contributed by atoms with Gasteiger partial charge in [0, 0.05) is 36.8 Å². The highest BCUT2D eigenvalue weighted by Crippen LogP contribution is 2.30. The molecule has 5 nitrogen and oxygen atoms in total. The largest absolute Gasteiger partial charge is 0.481 e. The van der Waals surface area contributed by atoms with Crippen LogP contribution in [-0.4, -0.2) is 41.5 Å². The van der Waals surface area contributed by atoms with Gasteiger partial charge in [0.2, 0.25) is 0 Å². The summed E-state index contributed by atoms with van der Waals surface area (Å²) in [5.74, 6) is -1.07. The van der Waals surface area contributed by atoms with E-state index in [0.717, 1.165) is 36.2 Å². The number of aliphatic carboxylic acids is 1. The first kappa shape index (κ1) is 13.9. The Morgan fingerprint density at radius 2 is 2.14 bits per heavy atom. The SMILES string of the molecule is CC(C(=O)O)C1CN(C(=O)c2cccc3c2CCCN3)C1. The number of rotatable bonds is 3. The van der Waals surface area contributed by atoms with E-state index < -0.39 is 5.97 Å². The number of nitrogens with one attached hydrogen (secondary N) is 1. The number of carboxylic acids is 1. The Morgan fingerprint density at radius 1 is 1.38 bits per heavy atom. The highest BCUT2D eigenvalue weighted by atomic mass is 16.4. The molecule has 2 heterocycles. The molecule has 112 valence electrons. The van der Waals surface area contributed by atoms with Gasteiger partial charge in [0.25, 0.3) is 5.91 Å². The van der Waals surface area contributed by atoms with Gasteiger partial charge in [0.05, 0.1) is 5.92 Å². The lowest BCUT2D eigenvalue weighted by Gasteiger charge is -2.41. The van der Waals surface area contributed by atoms with E-state index in [2.05, 4.69) is 5.32 Å². The standard InChI is InChI=1S/C16H20N2O3/c1-10(16(20)21)11-8-18(9-11)15(19)13-4-2-6-14-12(13)5-3-7-17-14/h2,4,6,10-11,17H,3,5,7-9H2,1H3,(H,20,21). The zero-order valence-corrected chi connectivity index (χ0v) is 12.1. The topological polar surface area (TPSA) is 69.6 Å². The first-order valence-corrected chi connectivity index (χ1v) is 7.45. The fourth-order valence-electron chi connectivity index (χ4n) is 3.08. The number of benzene rings is 1. The number of anilines is 1. The van der Waals surface area contributed by atoms with E-state index in [1.165, 1.54) is 0 Å². The lowest BCUT2D eigenvalue weighted by Crippen LogP contribution is -2.53. The van der Waals surface area contributed by atoms with Crippen molar-refractivity contribution in [2.75, 3.05) is 25.0 Å². The minimum atomic E-state index is -0.784. The van der Waals surface area contributed by atoms with E-state index in [-0.39, 0.29) is 17.7 Å². The Hall–Kier alpha value is -2.04. The number of nitrogens with zero attached hydrogens (tertiary/aromatic N) is 1. The Labute approximate surface area is 123 Å². The molecule has 0 saturated carbocycles. The molecule has 2 aliphatic rings. The van der Waals surface area contributed by atoms with Crippen LogP contribution in [0.1, 0.15) is 29.3 Å². The number of fused-ring (bicyclic) bond motifs is 1. The van der Waals surface area contributed by atoms with Gasteiger partial charge in [-0.25, -0.2) is 0 Å². The molecule has 3 rings (SSSR count). The van der Waals surface area contributed by atoms with E-state index in [9.17, 15) is 9.59 Å². The molecule has 0 aliphatic carbocycles. The average Bonchev–Trinajstić information content (AvgIpc) is 2.44. The predicted molar refractivity (Wildman–Crippen MR) is 79.4 cm³/mol. The fourth-order valence-corrected chi connectivity index (χ4v) is 3.08. The van der Waals surface area contributed by atoms with Crippen LogP contribution in [0.4, 0.5) is 5.69 Å². The van der Waals surface area contributed by atoms with Gasteiger partial charge in [-0.2, -0.15) is 0 Å². The van der Waals surface area contributed by atoms with Gasteiger partial charge in [-0.1, -0.05) is 13.0 Å². The number of carbonyl (C=O) groups excluding carboxylic acids is 1. The van der Waals surface area contributed by atoms with Crippen LogP contribution in [0.15, 0.2) is 18.2 Å². The minimum absolute atomic E-state index is 0.0318. The molecule has 0 radical (unpaired) electrons. The van der Waals surface area contributed by atoms with Crippen LogP contribution in [0, 0.1) is 11.8 Å². The number of hydrogen-bond donors (Lipinski definition) is 2. The average molecular weight is 288 g/mol. The third-order valence-electron chi connectivity index (χ3n) is 4.62. The molecular weight excluding hydrogens is 268 g/mol. The molecular formula is C16H20N2O3. The second-order valence-electron chi connectivity index (χ2n) is 5.96. The molecule has 5 heteroatoms. The van der Waals surface area contributed by atoms with Crippen LogP contribution < -0.4 is 5.32 Å². The second kappa shape index (κ2) is 5.39. The normalized spacial score (nSPS) is 19.2. The van der Waals surface area contributed by atoms with Crippen molar-refractivity contribution in [3.63, 3.8) is 0 Å². The van der Waals surface area contributed by atoms with Crippen LogP contribution >= 0.6 is 0 Å². The van der Waals surface area contributed by atoms with Crippen molar-refractivity contribution in [2.24, 2.45) is 11.8 Å². The molecule has 0 aromatic heterocycles. The summed E-state index contributed by atoms with van der Waals surface area (Å²) in [6.07, 6.45) is 1.96. The first-order valence-electron chi connectivity index (χ1n) is 7.45. The van der Waals surface area contributed by atoms with Crippen LogP contribution in [0.5, 0.6) is 0 Å². The van der Waals surface area contributed by atoms with Gasteiger partial charge < -0.3 is 15.3 Å². The first-order chi connectivity index (χ1) is 10.1. The van der Waals surface area contributed by atoms with Gasteiger partial charge in [0.1, 0.15) is 0 Å². The van der Waals surface area contributed by atoms with Crippen molar-refractivity contribution >= 4 is 17.6 Å². The molecule has 21 heavy (non-hydrogen) atoms. The molecule has 1 fully saturated rings. The van der Waals surface area contributed by atoms with Crippen molar-refractivity contribution in [3.8, 4) is 0 Å². The van der Waals surface area contributed by atoms with Gasteiger partial charge >= 0.3 is 5.97 Å². The highest BCUT2D eigenvalue weighted by Gasteiger charge is 2.38. The molecule has 1 amide bonds. The molecule has 0 bridgehead atoms. The Balaban J connectivity index is 1.72. The Morgan fingerprint density at radius 3 is 2.86 bits per heavy atom.